The third-order valence-corrected chi connectivity index (χ3v) is 2.72. The lowest BCUT2D eigenvalue weighted by Gasteiger charge is -2.09. The fraction of sp³-hybridized carbons (Fsp3) is 0.357. The highest BCUT2D eigenvalue weighted by molar-refractivity contribution is 5.52. The Balaban J connectivity index is 2.31. The van der Waals surface area contributed by atoms with Crippen LogP contribution in [0.2, 0.25) is 0 Å². The van der Waals surface area contributed by atoms with Crippen molar-refractivity contribution >= 4 is 0 Å². The molecule has 18 heavy (non-hydrogen) atoms. The molecular formula is C14H17NO3. The molecule has 0 unspecified atom stereocenters. The van der Waals surface area contributed by atoms with E-state index in [0.29, 0.717) is 17.3 Å². The number of rotatable bonds is 3. The zero-order valence-corrected chi connectivity index (χ0v) is 11.1. The number of aryl methyl sites for hydroxylation is 1. The number of aromatic nitrogens is 1. The van der Waals surface area contributed by atoms with Crippen LogP contribution in [0.4, 0.5) is 0 Å². The lowest BCUT2D eigenvalue weighted by Crippen LogP contribution is -2.29. The van der Waals surface area contributed by atoms with Crippen molar-refractivity contribution < 1.29 is 13.9 Å². The Morgan fingerprint density at radius 1 is 1.17 bits per heavy atom. The van der Waals surface area contributed by atoms with E-state index >= 15 is 0 Å². The van der Waals surface area contributed by atoms with Crippen molar-refractivity contribution in [3.05, 3.63) is 40.9 Å². The number of hydrogen-bond donors (Lipinski definition) is 0. The molecule has 1 heterocycles. The average molecular weight is 247 g/mol. The van der Waals surface area contributed by atoms with Crippen LogP contribution in [0.1, 0.15) is 25.3 Å². The van der Waals surface area contributed by atoms with Gasteiger partial charge in [0.1, 0.15) is 5.75 Å². The molecular weight excluding hydrogens is 230 g/mol. The van der Waals surface area contributed by atoms with Gasteiger partial charge >= 0.3 is 5.89 Å². The molecule has 0 fully saturated rings. The van der Waals surface area contributed by atoms with Crippen molar-refractivity contribution in [3.63, 3.8) is 0 Å². The van der Waals surface area contributed by atoms with Gasteiger partial charge in [-0.1, -0.05) is 0 Å². The molecule has 0 aliphatic heterocycles. The molecule has 0 radical (unpaired) electrons. The summed E-state index contributed by atoms with van der Waals surface area (Å²) in [6.45, 7) is 7.46. The second-order valence-electron chi connectivity index (χ2n) is 4.53. The molecule has 1 aromatic carbocycles. The van der Waals surface area contributed by atoms with E-state index in [1.807, 2.05) is 38.1 Å². The van der Waals surface area contributed by atoms with Crippen LogP contribution in [0.15, 0.2) is 28.7 Å². The fourth-order valence-electron chi connectivity index (χ4n) is 1.68. The number of ether oxygens (including phenoxy) is 1. The molecule has 4 nitrogen and oxygen atoms in total. The number of hydrogen-bond acceptors (Lipinski definition) is 3. The van der Waals surface area contributed by atoms with E-state index in [1.54, 1.807) is 13.8 Å². The van der Waals surface area contributed by atoms with Gasteiger partial charge in [0.15, 0.2) is 5.76 Å². The summed E-state index contributed by atoms with van der Waals surface area (Å²) >= 11 is 0. The van der Waals surface area contributed by atoms with Gasteiger partial charge in [-0.2, -0.15) is 0 Å². The Bertz CT molecular complexity index is 541. The average Bonchev–Trinajstić information content (AvgIpc) is 2.57. The Morgan fingerprint density at radius 3 is 2.22 bits per heavy atom. The fourth-order valence-corrected chi connectivity index (χ4v) is 1.68. The third-order valence-electron chi connectivity index (χ3n) is 2.72. The summed E-state index contributed by atoms with van der Waals surface area (Å²) in [5.41, 5.74) is 1.34. The minimum atomic E-state index is 0.133. The summed E-state index contributed by atoms with van der Waals surface area (Å²) in [6.07, 6.45) is 0.133. The zero-order chi connectivity index (χ0) is 13.3. The minimum absolute atomic E-state index is 0.133. The maximum Gasteiger partial charge on any atom is 0.392 e. The van der Waals surface area contributed by atoms with Gasteiger partial charge in [-0.3, -0.25) is 0 Å². The third kappa shape index (κ3) is 2.32. The number of nitrogens with zero attached hydrogens (tertiary/aromatic N) is 1. The van der Waals surface area contributed by atoms with Crippen molar-refractivity contribution in [2.24, 2.45) is 0 Å². The molecule has 0 N–H and O–H groups in total. The molecule has 2 rings (SSSR count). The zero-order valence-electron chi connectivity index (χ0n) is 11.1. The maximum atomic E-state index is 11.8. The molecule has 0 spiro atoms. The van der Waals surface area contributed by atoms with Crippen molar-refractivity contribution in [1.82, 2.24) is 0 Å². The molecule has 0 aliphatic rings. The van der Waals surface area contributed by atoms with Gasteiger partial charge < -0.3 is 14.4 Å². The predicted molar refractivity (Wildman–Crippen MR) is 68.3 cm³/mol. The first-order chi connectivity index (χ1) is 8.49. The van der Waals surface area contributed by atoms with Crippen LogP contribution in [-0.4, -0.2) is 6.10 Å². The lowest BCUT2D eigenvalue weighted by atomic mass is 10.2. The topological polar surface area (TPSA) is 49.3 Å². The molecule has 2 aromatic rings. The van der Waals surface area contributed by atoms with Crippen LogP contribution in [-0.2, 0) is 0 Å². The van der Waals surface area contributed by atoms with Crippen LogP contribution in [0.25, 0.3) is 11.5 Å². The van der Waals surface area contributed by atoms with Crippen LogP contribution in [0, 0.1) is 19.1 Å². The highest BCUT2D eigenvalue weighted by atomic mass is 16.5. The molecule has 96 valence electrons. The first kappa shape index (κ1) is 12.5. The summed E-state index contributed by atoms with van der Waals surface area (Å²) in [4.78, 5) is 0. The second-order valence-corrected chi connectivity index (χ2v) is 4.53. The number of oxazole rings is 1. The van der Waals surface area contributed by atoms with Crippen molar-refractivity contribution in [3.8, 4) is 17.2 Å². The van der Waals surface area contributed by atoms with Gasteiger partial charge in [0, 0.05) is 13.8 Å². The Kier molecular flexibility index (Phi) is 3.28. The quantitative estimate of drug-likeness (QED) is 0.619. The molecule has 0 saturated heterocycles. The SMILES string of the molecule is Cc1oc(-c2ccc(OC(C)C)cc2)[n+]([O-])c1C. The second kappa shape index (κ2) is 4.72. The first-order valence-corrected chi connectivity index (χ1v) is 5.95. The minimum Gasteiger partial charge on any atom is -0.616 e. The molecule has 4 heteroatoms. The molecule has 0 bridgehead atoms. The van der Waals surface area contributed by atoms with E-state index in [1.165, 1.54) is 0 Å². The molecule has 1 aromatic heterocycles. The van der Waals surface area contributed by atoms with Gasteiger partial charge in [-0.15, -0.1) is 4.73 Å². The smallest absolute Gasteiger partial charge is 0.392 e. The van der Waals surface area contributed by atoms with Crippen LogP contribution in [0.5, 0.6) is 5.75 Å². The summed E-state index contributed by atoms with van der Waals surface area (Å²) in [5, 5.41) is 11.8. The van der Waals surface area contributed by atoms with Gasteiger partial charge in [0.05, 0.1) is 11.7 Å². The largest absolute Gasteiger partial charge is 0.616 e. The van der Waals surface area contributed by atoms with E-state index in [4.69, 9.17) is 9.15 Å². The lowest BCUT2D eigenvalue weighted by molar-refractivity contribution is -0.602. The normalized spacial score (nSPS) is 10.9. The van der Waals surface area contributed by atoms with E-state index in [-0.39, 0.29) is 6.10 Å². The summed E-state index contributed by atoms with van der Waals surface area (Å²) in [6, 6.07) is 7.32. The molecule has 0 saturated carbocycles. The Labute approximate surface area is 106 Å². The molecule has 0 amide bonds. The van der Waals surface area contributed by atoms with E-state index in [2.05, 4.69) is 0 Å². The Morgan fingerprint density at radius 2 is 1.78 bits per heavy atom. The summed E-state index contributed by atoms with van der Waals surface area (Å²) in [5.74, 6) is 1.75. The monoisotopic (exact) mass is 247 g/mol. The van der Waals surface area contributed by atoms with Crippen molar-refractivity contribution in [2.45, 2.75) is 33.8 Å². The van der Waals surface area contributed by atoms with E-state index < -0.39 is 0 Å². The Hall–Kier alpha value is -1.97. The standard InChI is InChI=1S/C14H17NO3/c1-9(2)17-13-7-5-12(6-8-13)14-15(16)10(3)11(4)18-14/h5-9H,1-4H3. The maximum absolute atomic E-state index is 11.8. The van der Waals surface area contributed by atoms with Gasteiger partial charge in [0.25, 0.3) is 0 Å². The predicted octanol–water partition coefficient (Wildman–Crippen LogP) is 2.98. The van der Waals surface area contributed by atoms with Gasteiger partial charge in [0.2, 0.25) is 5.69 Å². The van der Waals surface area contributed by atoms with Crippen molar-refractivity contribution in [2.75, 3.05) is 0 Å². The molecule has 0 aliphatic carbocycles. The van der Waals surface area contributed by atoms with E-state index in [0.717, 1.165) is 16.0 Å². The highest BCUT2D eigenvalue weighted by Gasteiger charge is 2.20. The number of benzene rings is 1. The summed E-state index contributed by atoms with van der Waals surface area (Å²) < 4.78 is 11.8. The van der Waals surface area contributed by atoms with Crippen LogP contribution < -0.4 is 9.47 Å². The van der Waals surface area contributed by atoms with Crippen LogP contribution >= 0.6 is 0 Å². The van der Waals surface area contributed by atoms with E-state index in [9.17, 15) is 5.21 Å². The van der Waals surface area contributed by atoms with Gasteiger partial charge in [-0.25, -0.2) is 0 Å². The van der Waals surface area contributed by atoms with Crippen LogP contribution in [0.3, 0.4) is 0 Å². The highest BCUT2D eigenvalue weighted by Crippen LogP contribution is 2.22. The van der Waals surface area contributed by atoms with Crippen molar-refractivity contribution in [1.29, 1.82) is 0 Å². The summed E-state index contributed by atoms with van der Waals surface area (Å²) in [7, 11) is 0. The van der Waals surface area contributed by atoms with Gasteiger partial charge in [-0.05, 0) is 38.1 Å². The first-order valence-electron chi connectivity index (χ1n) is 5.95. The molecule has 0 atom stereocenters.